The third-order valence-electron chi connectivity index (χ3n) is 6.27. The second kappa shape index (κ2) is 10.6. The summed E-state index contributed by atoms with van der Waals surface area (Å²) in [5.74, 6) is 1.09. The Kier molecular flexibility index (Phi) is 7.09. The maximum absolute atomic E-state index is 12.8. The van der Waals surface area contributed by atoms with Crippen LogP contribution in [0.15, 0.2) is 41.7 Å². The zero-order chi connectivity index (χ0) is 24.2. The van der Waals surface area contributed by atoms with Gasteiger partial charge in [0.2, 0.25) is 5.96 Å². The number of aliphatic hydroxyl groups excluding tert-OH is 1. The Morgan fingerprint density at radius 3 is 2.94 bits per heavy atom. The van der Waals surface area contributed by atoms with Crippen molar-refractivity contribution in [2.75, 3.05) is 59.7 Å². The van der Waals surface area contributed by atoms with E-state index in [0.29, 0.717) is 55.0 Å². The molecule has 4 heterocycles. The van der Waals surface area contributed by atoms with E-state index in [2.05, 4.69) is 20.5 Å². The first kappa shape index (κ1) is 23.5. The van der Waals surface area contributed by atoms with E-state index in [4.69, 9.17) is 19.2 Å². The zero-order valence-corrected chi connectivity index (χ0v) is 19.6. The lowest BCUT2D eigenvalue weighted by atomic mass is 10.1. The number of nitrogens with one attached hydrogen (secondary N) is 2. The highest BCUT2D eigenvalue weighted by Crippen LogP contribution is 2.46. The van der Waals surface area contributed by atoms with E-state index in [1.165, 1.54) is 6.20 Å². The van der Waals surface area contributed by atoms with Gasteiger partial charge in [-0.3, -0.25) is 25.3 Å². The SMILES string of the molecule is COc1c(OC[C@H](O)CN2CCOCC2)ccc2c1N=C(NC(=O)c1cccnc1)N1CCNC21. The lowest BCUT2D eigenvalue weighted by Gasteiger charge is -2.33. The Morgan fingerprint density at radius 1 is 1.31 bits per heavy atom. The van der Waals surface area contributed by atoms with Gasteiger partial charge < -0.3 is 24.2 Å². The van der Waals surface area contributed by atoms with E-state index in [1.54, 1.807) is 25.4 Å². The van der Waals surface area contributed by atoms with E-state index in [9.17, 15) is 9.90 Å². The second-order valence-corrected chi connectivity index (χ2v) is 8.59. The number of morpholine rings is 1. The number of hydrogen-bond donors (Lipinski definition) is 3. The molecule has 0 radical (unpaired) electrons. The summed E-state index contributed by atoms with van der Waals surface area (Å²) in [4.78, 5) is 25.8. The molecule has 5 rings (SSSR count). The number of rotatable bonds is 7. The van der Waals surface area contributed by atoms with Gasteiger partial charge in [0.05, 0.1) is 25.9 Å². The molecule has 35 heavy (non-hydrogen) atoms. The quantitative estimate of drug-likeness (QED) is 0.518. The van der Waals surface area contributed by atoms with Crippen molar-refractivity contribution in [1.29, 1.82) is 0 Å². The van der Waals surface area contributed by atoms with Gasteiger partial charge in [-0.2, -0.15) is 0 Å². The van der Waals surface area contributed by atoms with Crippen LogP contribution < -0.4 is 20.1 Å². The molecule has 0 aliphatic carbocycles. The number of aliphatic hydroxyl groups is 1. The normalized spacial score (nSPS) is 20.5. The number of methoxy groups -OCH3 is 1. The fourth-order valence-electron chi connectivity index (χ4n) is 4.54. The molecule has 11 nitrogen and oxygen atoms in total. The summed E-state index contributed by atoms with van der Waals surface area (Å²) < 4.78 is 17.0. The van der Waals surface area contributed by atoms with Crippen LogP contribution in [-0.4, -0.2) is 97.5 Å². The molecule has 2 fully saturated rings. The lowest BCUT2D eigenvalue weighted by molar-refractivity contribution is 0.00445. The van der Waals surface area contributed by atoms with Crippen LogP contribution in [0.25, 0.3) is 0 Å². The number of ether oxygens (including phenoxy) is 3. The van der Waals surface area contributed by atoms with E-state index in [1.807, 2.05) is 17.0 Å². The van der Waals surface area contributed by atoms with Crippen LogP contribution in [0.4, 0.5) is 5.69 Å². The molecule has 186 valence electrons. The van der Waals surface area contributed by atoms with Crippen molar-refractivity contribution in [3.63, 3.8) is 0 Å². The number of guanidine groups is 1. The standard InChI is InChI=1S/C24H30N6O5/c1-33-21-19(35-15-17(31)14-29-9-11-34-12-10-29)5-4-18-20(21)27-24(30-8-7-26-22(18)30)28-23(32)16-3-2-6-25-13-16/h2-6,13,17,22,26,31H,7-12,14-15H2,1H3,(H,27,28,32)/t17-,22?/m1/s1. The number of nitrogens with zero attached hydrogens (tertiary/aromatic N) is 4. The number of carbonyl (C=O) groups is 1. The number of fused-ring (bicyclic) bond motifs is 3. The number of aliphatic imine (C=N–C) groups is 1. The van der Waals surface area contributed by atoms with Crippen molar-refractivity contribution in [2.45, 2.75) is 12.3 Å². The zero-order valence-electron chi connectivity index (χ0n) is 19.6. The van der Waals surface area contributed by atoms with Gasteiger partial charge in [-0.05, 0) is 24.3 Å². The number of aromatic nitrogens is 1. The van der Waals surface area contributed by atoms with Gasteiger partial charge in [-0.25, -0.2) is 4.99 Å². The summed E-state index contributed by atoms with van der Waals surface area (Å²) in [6, 6.07) is 7.20. The average Bonchev–Trinajstić information content (AvgIpc) is 3.39. The highest BCUT2D eigenvalue weighted by Gasteiger charge is 2.36. The lowest BCUT2D eigenvalue weighted by Crippen LogP contribution is -2.46. The summed E-state index contributed by atoms with van der Waals surface area (Å²) >= 11 is 0. The number of pyridine rings is 1. The van der Waals surface area contributed by atoms with Crippen molar-refractivity contribution in [3.05, 3.63) is 47.8 Å². The predicted molar refractivity (Wildman–Crippen MR) is 128 cm³/mol. The maximum Gasteiger partial charge on any atom is 0.259 e. The van der Waals surface area contributed by atoms with Gasteiger partial charge in [0.15, 0.2) is 11.5 Å². The van der Waals surface area contributed by atoms with Crippen LogP contribution in [0.2, 0.25) is 0 Å². The first-order chi connectivity index (χ1) is 17.1. The molecule has 3 aliphatic heterocycles. The minimum atomic E-state index is -0.654. The largest absolute Gasteiger partial charge is 0.491 e. The Labute approximate surface area is 203 Å². The first-order valence-corrected chi connectivity index (χ1v) is 11.8. The minimum Gasteiger partial charge on any atom is -0.491 e. The van der Waals surface area contributed by atoms with Crippen molar-refractivity contribution in [2.24, 2.45) is 4.99 Å². The first-order valence-electron chi connectivity index (χ1n) is 11.8. The van der Waals surface area contributed by atoms with Crippen molar-refractivity contribution in [1.82, 2.24) is 25.4 Å². The molecule has 0 saturated carbocycles. The van der Waals surface area contributed by atoms with Crippen LogP contribution in [0.3, 0.4) is 0 Å². The van der Waals surface area contributed by atoms with E-state index < -0.39 is 6.10 Å². The second-order valence-electron chi connectivity index (χ2n) is 8.59. The smallest absolute Gasteiger partial charge is 0.259 e. The number of β-amino-alcohol motifs (C(OH)–C–C–N with tert-alkyl or cyclic N) is 1. The molecular formula is C24H30N6O5. The summed E-state index contributed by atoms with van der Waals surface area (Å²) in [5.41, 5.74) is 1.97. The minimum absolute atomic E-state index is 0.120. The molecule has 1 aromatic carbocycles. The molecule has 3 aliphatic rings. The molecule has 0 spiro atoms. The van der Waals surface area contributed by atoms with Gasteiger partial charge in [0, 0.05) is 50.7 Å². The topological polar surface area (TPSA) is 121 Å². The van der Waals surface area contributed by atoms with Crippen LogP contribution in [0.5, 0.6) is 11.5 Å². The van der Waals surface area contributed by atoms with Gasteiger partial charge in [0.25, 0.3) is 5.91 Å². The molecule has 11 heteroatoms. The summed E-state index contributed by atoms with van der Waals surface area (Å²) in [5, 5.41) is 16.9. The van der Waals surface area contributed by atoms with Crippen LogP contribution in [-0.2, 0) is 4.74 Å². The number of amides is 1. The summed E-state index contributed by atoms with van der Waals surface area (Å²) in [6.45, 7) is 5.03. The predicted octanol–water partition coefficient (Wildman–Crippen LogP) is 0.497. The van der Waals surface area contributed by atoms with E-state index >= 15 is 0 Å². The van der Waals surface area contributed by atoms with Gasteiger partial charge >= 0.3 is 0 Å². The van der Waals surface area contributed by atoms with Crippen LogP contribution in [0.1, 0.15) is 22.1 Å². The Balaban J connectivity index is 1.36. The van der Waals surface area contributed by atoms with Crippen LogP contribution in [0, 0.1) is 0 Å². The fraction of sp³-hybridized carbons (Fsp3) is 0.458. The average molecular weight is 483 g/mol. The third kappa shape index (κ3) is 5.08. The Hall–Kier alpha value is -3.25. The third-order valence-corrected chi connectivity index (χ3v) is 6.27. The van der Waals surface area contributed by atoms with E-state index in [0.717, 1.165) is 25.2 Å². The van der Waals surface area contributed by atoms with E-state index in [-0.39, 0.29) is 18.7 Å². The van der Waals surface area contributed by atoms with Crippen molar-refractivity contribution >= 4 is 17.6 Å². The van der Waals surface area contributed by atoms with Crippen LogP contribution >= 0.6 is 0 Å². The fourth-order valence-corrected chi connectivity index (χ4v) is 4.54. The molecule has 0 bridgehead atoms. The number of hydrogen-bond acceptors (Lipinski definition) is 10. The molecular weight excluding hydrogens is 452 g/mol. The number of carbonyl (C=O) groups excluding carboxylic acids is 1. The highest BCUT2D eigenvalue weighted by atomic mass is 16.5. The summed E-state index contributed by atoms with van der Waals surface area (Å²) in [6.07, 6.45) is 2.33. The Morgan fingerprint density at radius 2 is 2.17 bits per heavy atom. The monoisotopic (exact) mass is 482 g/mol. The summed E-state index contributed by atoms with van der Waals surface area (Å²) in [7, 11) is 1.56. The van der Waals surface area contributed by atoms with Gasteiger partial charge in [-0.1, -0.05) is 0 Å². The van der Waals surface area contributed by atoms with Gasteiger partial charge in [-0.15, -0.1) is 0 Å². The maximum atomic E-state index is 12.8. The molecule has 1 amide bonds. The highest BCUT2D eigenvalue weighted by molar-refractivity contribution is 6.07. The molecule has 1 aromatic heterocycles. The number of benzene rings is 1. The van der Waals surface area contributed by atoms with Crippen molar-refractivity contribution in [3.8, 4) is 11.5 Å². The molecule has 3 N–H and O–H groups in total. The molecule has 1 unspecified atom stereocenters. The Bertz CT molecular complexity index is 1080. The molecule has 2 aromatic rings. The molecule has 2 saturated heterocycles. The van der Waals surface area contributed by atoms with Crippen molar-refractivity contribution < 1.29 is 24.1 Å². The van der Waals surface area contributed by atoms with Gasteiger partial charge in [0.1, 0.15) is 24.6 Å². The molecule has 2 atom stereocenters.